The minimum Gasteiger partial charge on any atom is -0.397 e. The summed E-state index contributed by atoms with van der Waals surface area (Å²) in [5.74, 6) is 0.596. The number of nitrogen functional groups attached to an aromatic ring is 1. The van der Waals surface area contributed by atoms with Gasteiger partial charge in [-0.15, -0.1) is 0 Å². The van der Waals surface area contributed by atoms with Crippen LogP contribution in [0, 0.1) is 6.92 Å². The average molecular weight is 500 g/mol. The molecule has 2 aromatic rings. The van der Waals surface area contributed by atoms with Crippen LogP contribution in [0.15, 0.2) is 65.5 Å². The highest BCUT2D eigenvalue weighted by atomic mass is 16.2. The first-order chi connectivity index (χ1) is 17.7. The van der Waals surface area contributed by atoms with Crippen LogP contribution in [-0.2, 0) is 0 Å². The van der Waals surface area contributed by atoms with E-state index in [1.165, 1.54) is 28.0 Å². The molecular formula is C31H41N5O. The van der Waals surface area contributed by atoms with E-state index in [0.29, 0.717) is 17.6 Å². The first-order valence-corrected chi connectivity index (χ1v) is 13.3. The van der Waals surface area contributed by atoms with Crippen LogP contribution in [0.2, 0.25) is 0 Å². The Labute approximate surface area is 221 Å². The predicted octanol–water partition coefficient (Wildman–Crippen LogP) is 5.15. The molecule has 1 aromatic heterocycles. The highest BCUT2D eigenvalue weighted by Gasteiger charge is 2.26. The van der Waals surface area contributed by atoms with Gasteiger partial charge in [-0.3, -0.25) is 14.7 Å². The molecular weight excluding hydrogens is 458 g/mol. The van der Waals surface area contributed by atoms with Crippen molar-refractivity contribution >= 4 is 17.2 Å². The summed E-state index contributed by atoms with van der Waals surface area (Å²) in [6.45, 7) is 11.8. The number of nitrogens with two attached hydrogens (primary N) is 1. The number of nitrogens with one attached hydrogen (secondary N) is 1. The Hall–Kier alpha value is -3.38. The molecule has 1 fully saturated rings. The molecule has 0 aliphatic carbocycles. The molecule has 2 aliphatic heterocycles. The molecule has 2 aliphatic rings. The first kappa shape index (κ1) is 26.7. The maximum Gasteiger partial charge on any atom is 0.253 e. The molecule has 0 spiro atoms. The predicted molar refractivity (Wildman–Crippen MR) is 153 cm³/mol. The Balaban J connectivity index is 1.44. The Morgan fingerprint density at radius 1 is 1.19 bits per heavy atom. The van der Waals surface area contributed by atoms with E-state index in [-0.39, 0.29) is 5.91 Å². The van der Waals surface area contributed by atoms with Crippen molar-refractivity contribution in [2.45, 2.75) is 52.5 Å². The molecule has 1 atom stereocenters. The molecule has 3 N–H and O–H groups in total. The lowest BCUT2D eigenvalue weighted by Gasteiger charge is -2.37. The molecule has 6 nitrogen and oxygen atoms in total. The second kappa shape index (κ2) is 11.3. The number of dihydropyridines is 1. The van der Waals surface area contributed by atoms with E-state index in [4.69, 9.17) is 5.73 Å². The van der Waals surface area contributed by atoms with Crippen LogP contribution in [-0.4, -0.2) is 60.5 Å². The van der Waals surface area contributed by atoms with Crippen LogP contribution in [0.25, 0.3) is 5.57 Å². The van der Waals surface area contributed by atoms with Crippen LogP contribution in [0.4, 0.5) is 5.69 Å². The number of allylic oxidation sites excluding steroid dienone is 4. The fourth-order valence-corrected chi connectivity index (χ4v) is 5.47. The number of likely N-dealkylation sites (tertiary alicyclic amines) is 1. The molecule has 1 unspecified atom stereocenters. The number of anilines is 1. The molecule has 0 saturated carbocycles. The second-order valence-corrected chi connectivity index (χ2v) is 10.7. The molecule has 3 heterocycles. The SMILES string of the molecule is CC1=C(/C=C(\C)C(C)N2CCC(c3ccc(C(=O)N(C)C)cc3C)CC2)C(c2ccc(N)cn2)=CCN1. The van der Waals surface area contributed by atoms with Crippen LogP contribution in [0.1, 0.15) is 66.7 Å². The molecule has 0 radical (unpaired) electrons. The highest BCUT2D eigenvalue weighted by Crippen LogP contribution is 2.33. The van der Waals surface area contributed by atoms with E-state index in [2.05, 4.69) is 67.2 Å². The van der Waals surface area contributed by atoms with Crippen molar-refractivity contribution in [3.8, 4) is 0 Å². The third kappa shape index (κ3) is 5.96. The Bertz CT molecular complexity index is 1230. The van der Waals surface area contributed by atoms with Crippen molar-refractivity contribution in [2.24, 2.45) is 0 Å². The number of rotatable bonds is 6. The number of pyridine rings is 1. The fourth-order valence-electron chi connectivity index (χ4n) is 5.47. The largest absolute Gasteiger partial charge is 0.397 e. The van der Waals surface area contributed by atoms with Gasteiger partial charge in [0.05, 0.1) is 17.6 Å². The zero-order chi connectivity index (χ0) is 26.7. The van der Waals surface area contributed by atoms with Gasteiger partial charge < -0.3 is 16.0 Å². The number of nitrogens with zero attached hydrogens (tertiary/aromatic N) is 3. The molecule has 196 valence electrons. The molecule has 37 heavy (non-hydrogen) atoms. The van der Waals surface area contributed by atoms with Gasteiger partial charge in [0.2, 0.25) is 0 Å². The van der Waals surface area contributed by atoms with Crippen molar-refractivity contribution in [1.82, 2.24) is 20.1 Å². The molecule has 4 rings (SSSR count). The number of carbonyl (C=O) groups excluding carboxylic acids is 1. The van der Waals surface area contributed by atoms with E-state index < -0.39 is 0 Å². The first-order valence-electron chi connectivity index (χ1n) is 13.3. The normalized spacial score (nSPS) is 18.3. The molecule has 1 aromatic carbocycles. The smallest absolute Gasteiger partial charge is 0.253 e. The zero-order valence-corrected chi connectivity index (χ0v) is 23.1. The number of benzene rings is 1. The van der Waals surface area contributed by atoms with Crippen molar-refractivity contribution in [1.29, 1.82) is 0 Å². The van der Waals surface area contributed by atoms with Gasteiger partial charge in [0.25, 0.3) is 5.91 Å². The van der Waals surface area contributed by atoms with Gasteiger partial charge in [0, 0.05) is 49.1 Å². The summed E-state index contributed by atoms with van der Waals surface area (Å²) in [6, 6.07) is 10.5. The van der Waals surface area contributed by atoms with Crippen LogP contribution in [0.3, 0.4) is 0 Å². The summed E-state index contributed by atoms with van der Waals surface area (Å²) in [5.41, 5.74) is 15.8. The summed E-state index contributed by atoms with van der Waals surface area (Å²) >= 11 is 0. The van der Waals surface area contributed by atoms with Gasteiger partial charge in [-0.1, -0.05) is 23.8 Å². The number of hydrogen-bond donors (Lipinski definition) is 2. The van der Waals surface area contributed by atoms with Gasteiger partial charge in [-0.25, -0.2) is 0 Å². The lowest BCUT2D eigenvalue weighted by Crippen LogP contribution is -2.40. The number of carbonyl (C=O) groups is 1. The highest BCUT2D eigenvalue weighted by molar-refractivity contribution is 5.94. The topological polar surface area (TPSA) is 74.5 Å². The third-order valence-corrected chi connectivity index (χ3v) is 7.90. The Morgan fingerprint density at radius 2 is 1.92 bits per heavy atom. The van der Waals surface area contributed by atoms with E-state index >= 15 is 0 Å². The maximum atomic E-state index is 12.3. The van der Waals surface area contributed by atoms with Crippen molar-refractivity contribution in [3.05, 3.63) is 87.9 Å². The molecule has 1 amide bonds. The van der Waals surface area contributed by atoms with Crippen LogP contribution >= 0.6 is 0 Å². The lowest BCUT2D eigenvalue weighted by molar-refractivity contribution is 0.0827. The van der Waals surface area contributed by atoms with Crippen molar-refractivity contribution in [2.75, 3.05) is 39.5 Å². The minimum atomic E-state index is 0.0595. The van der Waals surface area contributed by atoms with Gasteiger partial charge in [-0.2, -0.15) is 0 Å². The summed E-state index contributed by atoms with van der Waals surface area (Å²) < 4.78 is 0. The third-order valence-electron chi connectivity index (χ3n) is 7.90. The molecule has 1 saturated heterocycles. The quantitative estimate of drug-likeness (QED) is 0.575. The molecule has 0 bridgehead atoms. The summed E-state index contributed by atoms with van der Waals surface area (Å²) in [5, 5.41) is 3.48. The van der Waals surface area contributed by atoms with Gasteiger partial charge >= 0.3 is 0 Å². The number of amides is 1. The second-order valence-electron chi connectivity index (χ2n) is 10.7. The van der Waals surface area contributed by atoms with E-state index in [9.17, 15) is 4.79 Å². The number of hydrogen-bond acceptors (Lipinski definition) is 5. The number of aryl methyl sites for hydroxylation is 1. The van der Waals surface area contributed by atoms with Crippen LogP contribution < -0.4 is 11.1 Å². The van der Waals surface area contributed by atoms with E-state index in [1.807, 2.05) is 18.2 Å². The number of piperidine rings is 1. The lowest BCUT2D eigenvalue weighted by atomic mass is 9.85. The Morgan fingerprint density at radius 3 is 2.54 bits per heavy atom. The van der Waals surface area contributed by atoms with Gasteiger partial charge in [-0.05, 0) is 94.9 Å². The Kier molecular flexibility index (Phi) is 8.18. The minimum absolute atomic E-state index is 0.0595. The van der Waals surface area contributed by atoms with E-state index in [0.717, 1.165) is 49.3 Å². The van der Waals surface area contributed by atoms with Gasteiger partial charge in [0.15, 0.2) is 0 Å². The number of aromatic nitrogens is 1. The van der Waals surface area contributed by atoms with Crippen LogP contribution in [0.5, 0.6) is 0 Å². The summed E-state index contributed by atoms with van der Waals surface area (Å²) in [7, 11) is 3.60. The zero-order valence-electron chi connectivity index (χ0n) is 23.1. The van der Waals surface area contributed by atoms with Gasteiger partial charge in [0.1, 0.15) is 0 Å². The summed E-state index contributed by atoms with van der Waals surface area (Å²) in [6.07, 6.45) is 8.52. The standard InChI is InChI=1S/C31H41N5O/c1-20(18-29-22(3)33-14-11-28(29)30-10-8-26(32)19-34-30)23(4)36-15-12-24(13-16-36)27-9-7-25(17-21(27)2)31(37)35(5)6/h7-11,17-19,23-24,33H,12-16,32H2,1-6H3/b20-18+. The summed E-state index contributed by atoms with van der Waals surface area (Å²) in [4.78, 5) is 21.1. The van der Waals surface area contributed by atoms with Crippen molar-refractivity contribution in [3.63, 3.8) is 0 Å². The van der Waals surface area contributed by atoms with E-state index in [1.54, 1.807) is 25.2 Å². The molecule has 6 heteroatoms. The monoisotopic (exact) mass is 499 g/mol. The fraction of sp³-hybridized carbons (Fsp3) is 0.419. The maximum absolute atomic E-state index is 12.3. The average Bonchev–Trinajstić information content (AvgIpc) is 2.89. The van der Waals surface area contributed by atoms with Crippen molar-refractivity contribution < 1.29 is 4.79 Å².